The molecule has 1 fully saturated rings. The van der Waals surface area contributed by atoms with Crippen LogP contribution in [-0.4, -0.2) is 23.6 Å². The molecule has 0 saturated carbocycles. The Morgan fingerprint density at radius 2 is 2.26 bits per heavy atom. The highest BCUT2D eigenvalue weighted by Crippen LogP contribution is 2.30. The first-order chi connectivity index (χ1) is 9.20. The van der Waals surface area contributed by atoms with Crippen LogP contribution >= 0.6 is 11.8 Å². The molecule has 106 valence electrons. The van der Waals surface area contributed by atoms with E-state index in [2.05, 4.69) is 12.2 Å². The van der Waals surface area contributed by atoms with Crippen LogP contribution in [0.15, 0.2) is 18.2 Å². The van der Waals surface area contributed by atoms with Gasteiger partial charge < -0.3 is 5.32 Å². The van der Waals surface area contributed by atoms with E-state index in [1.807, 2.05) is 11.8 Å². The first kappa shape index (κ1) is 14.8. The van der Waals surface area contributed by atoms with Crippen LogP contribution in [0.25, 0.3) is 0 Å². The molecule has 4 heteroatoms. The van der Waals surface area contributed by atoms with Gasteiger partial charge in [0, 0.05) is 11.3 Å². The predicted octanol–water partition coefficient (Wildman–Crippen LogP) is 3.77. The summed E-state index contributed by atoms with van der Waals surface area (Å²) in [5, 5.41) is 4.02. The first-order valence-electron chi connectivity index (χ1n) is 6.99. The van der Waals surface area contributed by atoms with Gasteiger partial charge in [0.15, 0.2) is 0 Å². The largest absolute Gasteiger partial charge is 0.313 e. The molecule has 19 heavy (non-hydrogen) atoms. The fraction of sp³-hybridized carbons (Fsp3) is 0.600. The number of nitrogens with one attached hydrogen (secondary N) is 1. The predicted molar refractivity (Wildman–Crippen MR) is 77.6 cm³/mol. The minimum atomic E-state index is -0.357. The zero-order chi connectivity index (χ0) is 13.7. The molecule has 0 bridgehead atoms. The number of rotatable bonds is 6. The Morgan fingerprint density at radius 1 is 1.42 bits per heavy atom. The smallest absolute Gasteiger partial charge is 0.126 e. The van der Waals surface area contributed by atoms with Crippen molar-refractivity contribution in [3.8, 4) is 0 Å². The molecule has 0 aromatic heterocycles. The quantitative estimate of drug-likeness (QED) is 0.854. The van der Waals surface area contributed by atoms with Crippen LogP contribution in [0, 0.1) is 11.6 Å². The van der Waals surface area contributed by atoms with E-state index in [1.54, 1.807) is 0 Å². The van der Waals surface area contributed by atoms with Crippen LogP contribution in [-0.2, 0) is 6.42 Å². The molecule has 0 amide bonds. The van der Waals surface area contributed by atoms with E-state index < -0.39 is 0 Å². The fourth-order valence-corrected chi connectivity index (χ4v) is 3.92. The van der Waals surface area contributed by atoms with Gasteiger partial charge in [-0.15, -0.1) is 0 Å². The van der Waals surface area contributed by atoms with Gasteiger partial charge in [-0.25, -0.2) is 8.78 Å². The molecule has 0 radical (unpaired) electrons. The Labute approximate surface area is 118 Å². The molecule has 0 spiro atoms. The van der Waals surface area contributed by atoms with Gasteiger partial charge in [0.2, 0.25) is 0 Å². The van der Waals surface area contributed by atoms with E-state index in [1.165, 1.54) is 36.8 Å². The van der Waals surface area contributed by atoms with Gasteiger partial charge in [0.1, 0.15) is 11.6 Å². The molecule has 0 aliphatic carbocycles. The molecule has 1 aromatic carbocycles. The molecular weight excluding hydrogens is 264 g/mol. The molecule has 1 nitrogen and oxygen atoms in total. The lowest BCUT2D eigenvalue weighted by Crippen LogP contribution is -2.39. The first-order valence-corrected chi connectivity index (χ1v) is 8.04. The zero-order valence-electron chi connectivity index (χ0n) is 11.3. The van der Waals surface area contributed by atoms with Crippen LogP contribution in [0.4, 0.5) is 8.78 Å². The Kier molecular flexibility index (Phi) is 5.64. The second kappa shape index (κ2) is 7.25. The normalized spacial score (nSPS) is 20.7. The Morgan fingerprint density at radius 3 is 2.95 bits per heavy atom. The van der Waals surface area contributed by atoms with Crippen LogP contribution in [0.3, 0.4) is 0 Å². The molecule has 1 saturated heterocycles. The van der Waals surface area contributed by atoms with Crippen molar-refractivity contribution in [1.29, 1.82) is 0 Å². The molecule has 1 aliphatic rings. The van der Waals surface area contributed by atoms with Crippen molar-refractivity contribution in [2.24, 2.45) is 0 Å². The zero-order valence-corrected chi connectivity index (χ0v) is 12.1. The van der Waals surface area contributed by atoms with E-state index in [0.717, 1.165) is 13.0 Å². The SMILES string of the molecule is CCCNC(Cc1cc(F)ccc1F)C1CCCS1. The fourth-order valence-electron chi connectivity index (χ4n) is 2.52. The third-order valence-corrected chi connectivity index (χ3v) is 5.03. The Balaban J connectivity index is 2.07. The lowest BCUT2D eigenvalue weighted by Gasteiger charge is -2.24. The summed E-state index contributed by atoms with van der Waals surface area (Å²) < 4.78 is 27.0. The summed E-state index contributed by atoms with van der Waals surface area (Å²) in [6, 6.07) is 3.97. The molecule has 1 heterocycles. The van der Waals surface area contributed by atoms with E-state index >= 15 is 0 Å². The number of thioether (sulfide) groups is 1. The lowest BCUT2D eigenvalue weighted by molar-refractivity contribution is 0.470. The highest BCUT2D eigenvalue weighted by atomic mass is 32.2. The summed E-state index contributed by atoms with van der Waals surface area (Å²) in [6.45, 7) is 3.05. The minimum Gasteiger partial charge on any atom is -0.313 e. The van der Waals surface area contributed by atoms with Crippen molar-refractivity contribution in [2.45, 2.75) is 43.9 Å². The van der Waals surface area contributed by atoms with Gasteiger partial charge in [-0.2, -0.15) is 11.8 Å². The van der Waals surface area contributed by atoms with Crippen molar-refractivity contribution in [1.82, 2.24) is 5.32 Å². The maximum atomic E-state index is 13.7. The summed E-state index contributed by atoms with van der Waals surface area (Å²) >= 11 is 1.95. The second-order valence-electron chi connectivity index (χ2n) is 5.05. The monoisotopic (exact) mass is 285 g/mol. The topological polar surface area (TPSA) is 12.0 Å². The van der Waals surface area contributed by atoms with E-state index in [-0.39, 0.29) is 17.7 Å². The van der Waals surface area contributed by atoms with Crippen LogP contribution in [0.1, 0.15) is 31.7 Å². The summed E-state index contributed by atoms with van der Waals surface area (Å²) in [7, 11) is 0. The summed E-state index contributed by atoms with van der Waals surface area (Å²) in [5.41, 5.74) is 0.487. The maximum absolute atomic E-state index is 13.7. The number of hydrogen-bond donors (Lipinski definition) is 1. The molecule has 2 atom stereocenters. The molecule has 2 unspecified atom stereocenters. The Hall–Kier alpha value is -0.610. The highest BCUT2D eigenvalue weighted by molar-refractivity contribution is 8.00. The second-order valence-corrected chi connectivity index (χ2v) is 6.40. The number of benzene rings is 1. The number of halogens is 2. The molecule has 1 aromatic rings. The van der Waals surface area contributed by atoms with Gasteiger partial charge in [0.25, 0.3) is 0 Å². The Bertz CT molecular complexity index is 405. The molecule has 1 N–H and O–H groups in total. The summed E-state index contributed by atoms with van der Waals surface area (Å²) in [4.78, 5) is 0. The standard InChI is InChI=1S/C15H21F2NS/c1-2-7-18-14(15-4-3-8-19-15)10-11-9-12(16)5-6-13(11)17/h5-6,9,14-15,18H,2-4,7-8,10H2,1H3. The molecular formula is C15H21F2NS. The van der Waals surface area contributed by atoms with Crippen LogP contribution < -0.4 is 5.32 Å². The third-order valence-electron chi connectivity index (χ3n) is 3.52. The van der Waals surface area contributed by atoms with Gasteiger partial charge in [-0.1, -0.05) is 6.92 Å². The third kappa shape index (κ3) is 4.18. The van der Waals surface area contributed by atoms with Crippen LogP contribution in [0.5, 0.6) is 0 Å². The van der Waals surface area contributed by atoms with Crippen molar-refractivity contribution in [3.63, 3.8) is 0 Å². The van der Waals surface area contributed by atoms with Crippen molar-refractivity contribution in [3.05, 3.63) is 35.4 Å². The van der Waals surface area contributed by atoms with Gasteiger partial charge in [-0.3, -0.25) is 0 Å². The van der Waals surface area contributed by atoms with Gasteiger partial charge in [0.05, 0.1) is 0 Å². The maximum Gasteiger partial charge on any atom is 0.126 e. The lowest BCUT2D eigenvalue weighted by atomic mass is 10.00. The van der Waals surface area contributed by atoms with E-state index in [4.69, 9.17) is 0 Å². The van der Waals surface area contributed by atoms with Gasteiger partial charge in [-0.05, 0) is 61.7 Å². The molecule has 2 rings (SSSR count). The average molecular weight is 285 g/mol. The summed E-state index contributed by atoms with van der Waals surface area (Å²) in [5.74, 6) is 0.526. The van der Waals surface area contributed by atoms with Crippen molar-refractivity contribution in [2.75, 3.05) is 12.3 Å². The summed E-state index contributed by atoms with van der Waals surface area (Å²) in [6.07, 6.45) is 4.02. The van der Waals surface area contributed by atoms with Gasteiger partial charge >= 0.3 is 0 Å². The minimum absolute atomic E-state index is 0.240. The number of hydrogen-bond acceptors (Lipinski definition) is 2. The van der Waals surface area contributed by atoms with Crippen molar-refractivity contribution >= 4 is 11.8 Å². The van der Waals surface area contributed by atoms with Crippen LogP contribution in [0.2, 0.25) is 0 Å². The van der Waals surface area contributed by atoms with E-state index in [0.29, 0.717) is 17.2 Å². The molecule has 1 aliphatic heterocycles. The highest BCUT2D eigenvalue weighted by Gasteiger charge is 2.26. The van der Waals surface area contributed by atoms with E-state index in [9.17, 15) is 8.78 Å². The average Bonchev–Trinajstić information content (AvgIpc) is 2.92. The van der Waals surface area contributed by atoms with Crippen molar-refractivity contribution < 1.29 is 8.78 Å².